The van der Waals surface area contributed by atoms with E-state index in [-0.39, 0.29) is 18.7 Å². The number of hydrogen-bond acceptors (Lipinski definition) is 6. The number of benzene rings is 2. The Balaban J connectivity index is 1.59. The third-order valence-electron chi connectivity index (χ3n) is 4.28. The predicted octanol–water partition coefficient (Wildman–Crippen LogP) is 3.62. The summed E-state index contributed by atoms with van der Waals surface area (Å²) in [5.41, 5.74) is 1.41. The van der Waals surface area contributed by atoms with Crippen molar-refractivity contribution < 1.29 is 27.1 Å². The molecule has 0 fully saturated rings. The molecule has 0 bridgehead atoms. The number of ether oxygens (including phenoxy) is 2. The summed E-state index contributed by atoms with van der Waals surface area (Å²) in [4.78, 5) is 15.9. The summed E-state index contributed by atoms with van der Waals surface area (Å²) in [6.45, 7) is 3.61. The molecule has 0 aliphatic rings. The van der Waals surface area contributed by atoms with Crippen LogP contribution in [0.1, 0.15) is 21.6 Å². The average Bonchev–Trinajstić information content (AvgIpc) is 2.81. The molecule has 0 saturated carbocycles. The topological polar surface area (TPSA) is 94.6 Å². The molecule has 0 spiro atoms. The normalized spacial score (nSPS) is 11.0. The third-order valence-corrected chi connectivity index (χ3v) is 5.72. The van der Waals surface area contributed by atoms with E-state index in [1.54, 1.807) is 30.5 Å². The van der Waals surface area contributed by atoms with Crippen LogP contribution in [0.3, 0.4) is 0 Å². The van der Waals surface area contributed by atoms with Gasteiger partial charge in [-0.05, 0) is 48.0 Å². The predicted molar refractivity (Wildman–Crippen MR) is 116 cm³/mol. The molecule has 0 saturated heterocycles. The second kappa shape index (κ2) is 10.7. The van der Waals surface area contributed by atoms with Crippen LogP contribution < -0.4 is 9.46 Å². The number of rotatable bonds is 10. The molecule has 1 N–H and O–H groups in total. The SMILES string of the molecule is C=CCNS(=O)(=O)c1cc(C(=O)OCc2ccc(OCc3ccccn3)cc2)ccc1F. The molecule has 0 radical (unpaired) electrons. The summed E-state index contributed by atoms with van der Waals surface area (Å²) < 4.78 is 51.4. The summed E-state index contributed by atoms with van der Waals surface area (Å²) in [7, 11) is -4.13. The van der Waals surface area contributed by atoms with Crippen molar-refractivity contribution in [3.8, 4) is 5.75 Å². The van der Waals surface area contributed by atoms with Crippen LogP contribution in [-0.4, -0.2) is 25.9 Å². The number of esters is 1. The molecule has 2 aromatic carbocycles. The highest BCUT2D eigenvalue weighted by atomic mass is 32.2. The first-order valence-corrected chi connectivity index (χ1v) is 11.1. The zero-order chi connectivity index (χ0) is 23.0. The Morgan fingerprint density at radius 2 is 1.88 bits per heavy atom. The molecule has 7 nitrogen and oxygen atoms in total. The zero-order valence-electron chi connectivity index (χ0n) is 17.0. The molecular formula is C23H21FN2O5S. The van der Waals surface area contributed by atoms with Gasteiger partial charge in [0.05, 0.1) is 11.3 Å². The van der Waals surface area contributed by atoms with Crippen LogP contribution >= 0.6 is 0 Å². The summed E-state index contributed by atoms with van der Waals surface area (Å²) in [6, 6.07) is 15.5. The van der Waals surface area contributed by atoms with Crippen LogP contribution in [0.2, 0.25) is 0 Å². The van der Waals surface area contributed by atoms with E-state index < -0.39 is 26.7 Å². The third kappa shape index (κ3) is 6.22. The minimum atomic E-state index is -4.13. The minimum absolute atomic E-state index is 0.0481. The number of aromatic nitrogens is 1. The Kier molecular flexibility index (Phi) is 7.69. The quantitative estimate of drug-likeness (QED) is 0.370. The van der Waals surface area contributed by atoms with Gasteiger partial charge in [0.25, 0.3) is 0 Å². The van der Waals surface area contributed by atoms with Gasteiger partial charge in [0.2, 0.25) is 10.0 Å². The Hall–Kier alpha value is -3.56. The van der Waals surface area contributed by atoms with Gasteiger partial charge >= 0.3 is 5.97 Å². The second-order valence-corrected chi connectivity index (χ2v) is 8.35. The summed E-state index contributed by atoms with van der Waals surface area (Å²) in [6.07, 6.45) is 3.01. The van der Waals surface area contributed by atoms with E-state index in [1.165, 1.54) is 12.1 Å². The lowest BCUT2D eigenvalue weighted by Crippen LogP contribution is -2.25. The molecule has 9 heteroatoms. The lowest BCUT2D eigenvalue weighted by atomic mass is 10.2. The van der Waals surface area contributed by atoms with Crippen molar-refractivity contribution in [1.82, 2.24) is 9.71 Å². The number of nitrogens with zero attached hydrogens (tertiary/aromatic N) is 1. The summed E-state index contributed by atoms with van der Waals surface area (Å²) in [5.74, 6) is -1.12. The maximum atomic E-state index is 14.0. The van der Waals surface area contributed by atoms with E-state index in [1.807, 2.05) is 18.2 Å². The van der Waals surface area contributed by atoms with Crippen molar-refractivity contribution in [3.05, 3.63) is 102 Å². The molecule has 1 aromatic heterocycles. The Morgan fingerprint density at radius 1 is 1.09 bits per heavy atom. The van der Waals surface area contributed by atoms with Crippen LogP contribution in [0.15, 0.2) is 84.4 Å². The van der Waals surface area contributed by atoms with Gasteiger partial charge in [0.1, 0.15) is 29.7 Å². The molecule has 3 aromatic rings. The molecule has 0 amide bonds. The van der Waals surface area contributed by atoms with E-state index >= 15 is 0 Å². The zero-order valence-corrected chi connectivity index (χ0v) is 17.8. The van der Waals surface area contributed by atoms with Crippen molar-refractivity contribution in [3.63, 3.8) is 0 Å². The lowest BCUT2D eigenvalue weighted by Gasteiger charge is -2.10. The Labute approximate surface area is 185 Å². The minimum Gasteiger partial charge on any atom is -0.487 e. The standard InChI is InChI=1S/C23H21FN2O5S/c1-2-12-26-32(28,29)22-14-18(8-11-21(22)24)23(27)31-15-17-6-9-20(10-7-17)30-16-19-5-3-4-13-25-19/h2-11,13-14,26H,1,12,15-16H2. The van der Waals surface area contributed by atoms with E-state index in [2.05, 4.69) is 16.3 Å². The number of hydrogen-bond donors (Lipinski definition) is 1. The molecule has 0 aliphatic heterocycles. The number of carbonyl (C=O) groups excluding carboxylic acids is 1. The molecule has 166 valence electrons. The smallest absolute Gasteiger partial charge is 0.338 e. The molecule has 0 unspecified atom stereocenters. The van der Waals surface area contributed by atoms with Crippen molar-refractivity contribution >= 4 is 16.0 Å². The lowest BCUT2D eigenvalue weighted by molar-refractivity contribution is 0.0472. The first kappa shape index (κ1) is 23.1. The van der Waals surface area contributed by atoms with Crippen molar-refractivity contribution in [1.29, 1.82) is 0 Å². The van der Waals surface area contributed by atoms with Gasteiger partial charge in [-0.25, -0.2) is 22.3 Å². The molecule has 1 heterocycles. The van der Waals surface area contributed by atoms with Crippen LogP contribution in [-0.2, 0) is 28.0 Å². The molecule has 32 heavy (non-hydrogen) atoms. The first-order chi connectivity index (χ1) is 15.4. The van der Waals surface area contributed by atoms with Gasteiger partial charge in [0.15, 0.2) is 0 Å². The van der Waals surface area contributed by atoms with E-state index in [0.717, 1.165) is 17.8 Å². The van der Waals surface area contributed by atoms with Crippen molar-refractivity contribution in [2.75, 3.05) is 6.54 Å². The average molecular weight is 456 g/mol. The first-order valence-electron chi connectivity index (χ1n) is 9.58. The van der Waals surface area contributed by atoms with E-state index in [4.69, 9.17) is 9.47 Å². The van der Waals surface area contributed by atoms with Gasteiger partial charge in [-0.15, -0.1) is 6.58 Å². The molecular weight excluding hydrogens is 435 g/mol. The van der Waals surface area contributed by atoms with Crippen LogP contribution in [0.5, 0.6) is 5.75 Å². The monoisotopic (exact) mass is 456 g/mol. The largest absolute Gasteiger partial charge is 0.487 e. The summed E-state index contributed by atoms with van der Waals surface area (Å²) in [5, 5.41) is 0. The van der Waals surface area contributed by atoms with E-state index in [9.17, 15) is 17.6 Å². The second-order valence-electron chi connectivity index (χ2n) is 6.62. The fourth-order valence-corrected chi connectivity index (χ4v) is 3.74. The fourth-order valence-electron chi connectivity index (χ4n) is 2.64. The molecule has 0 atom stereocenters. The number of nitrogens with one attached hydrogen (secondary N) is 1. The fraction of sp³-hybridized carbons (Fsp3) is 0.130. The highest BCUT2D eigenvalue weighted by Crippen LogP contribution is 2.18. The Bertz CT molecular complexity index is 1180. The maximum Gasteiger partial charge on any atom is 0.338 e. The number of carbonyl (C=O) groups is 1. The number of pyridine rings is 1. The van der Waals surface area contributed by atoms with Gasteiger partial charge in [0, 0.05) is 12.7 Å². The van der Waals surface area contributed by atoms with Gasteiger partial charge in [-0.1, -0.05) is 24.3 Å². The number of halogens is 1. The van der Waals surface area contributed by atoms with Crippen molar-refractivity contribution in [2.45, 2.75) is 18.1 Å². The van der Waals surface area contributed by atoms with Gasteiger partial charge in [-0.2, -0.15) is 0 Å². The van der Waals surface area contributed by atoms with Crippen LogP contribution in [0, 0.1) is 5.82 Å². The maximum absolute atomic E-state index is 14.0. The van der Waals surface area contributed by atoms with Gasteiger partial charge in [-0.3, -0.25) is 4.98 Å². The highest BCUT2D eigenvalue weighted by molar-refractivity contribution is 7.89. The Morgan fingerprint density at radius 3 is 2.56 bits per heavy atom. The van der Waals surface area contributed by atoms with E-state index in [0.29, 0.717) is 17.9 Å². The summed E-state index contributed by atoms with van der Waals surface area (Å²) >= 11 is 0. The number of sulfonamides is 1. The van der Waals surface area contributed by atoms with Crippen LogP contribution in [0.4, 0.5) is 4.39 Å². The van der Waals surface area contributed by atoms with Gasteiger partial charge < -0.3 is 9.47 Å². The molecule has 3 rings (SSSR count). The van der Waals surface area contributed by atoms with Crippen LogP contribution in [0.25, 0.3) is 0 Å². The highest BCUT2D eigenvalue weighted by Gasteiger charge is 2.21. The van der Waals surface area contributed by atoms with Crippen molar-refractivity contribution in [2.24, 2.45) is 0 Å². The molecule has 0 aliphatic carbocycles.